The van der Waals surface area contributed by atoms with E-state index in [1.54, 1.807) is 43.3 Å². The molecule has 432 valence electrons. The monoisotopic (exact) mass is 1170 g/mol. The smallest absolute Gasteiger partial charge is 0.435 e. The molecule has 82 heavy (non-hydrogen) atoms. The molecule has 24 nitrogen and oxygen atoms in total. The number of methoxy groups -OCH3 is 6. The van der Waals surface area contributed by atoms with Crippen LogP contribution in [0.1, 0.15) is 56.8 Å². The summed E-state index contributed by atoms with van der Waals surface area (Å²) in [6.07, 6.45) is -3.96. The molecule has 0 saturated carbocycles. The topological polar surface area (TPSA) is 293 Å². The molecule has 0 fully saturated rings. The number of hydrogen-bond acceptors (Lipinski definition) is 20. The minimum absolute atomic E-state index is 0.0162. The third kappa shape index (κ3) is 14.0. The fourth-order valence-electron chi connectivity index (χ4n) is 7.62. The van der Waals surface area contributed by atoms with Gasteiger partial charge in [0.2, 0.25) is 33.7 Å². The van der Waals surface area contributed by atoms with Gasteiger partial charge in [0.1, 0.15) is 34.1 Å². The van der Waals surface area contributed by atoms with Crippen molar-refractivity contribution in [1.82, 2.24) is 54.2 Å². The molecule has 2 aromatic carbocycles. The summed E-state index contributed by atoms with van der Waals surface area (Å²) >= 11 is 0. The van der Waals surface area contributed by atoms with E-state index in [9.17, 15) is 49.5 Å². The van der Waals surface area contributed by atoms with Gasteiger partial charge in [-0.05, 0) is 44.5 Å². The maximum Gasteiger partial charge on any atom is 0.435 e. The molecule has 0 radical (unpaired) electrons. The highest BCUT2D eigenvalue weighted by molar-refractivity contribution is 7.90. The fraction of sp³-hybridized carbons (Fsp3) is 0.255. The molecule has 0 saturated heterocycles. The molecule has 0 aliphatic rings. The Labute approximate surface area is 462 Å². The van der Waals surface area contributed by atoms with E-state index >= 15 is 0 Å². The predicted octanol–water partition coefficient (Wildman–Crippen LogP) is 8.81. The van der Waals surface area contributed by atoms with Crippen LogP contribution >= 0.6 is 0 Å². The number of benzene rings is 2. The second-order valence-corrected chi connectivity index (χ2v) is 18.9. The first-order chi connectivity index (χ1) is 38.8. The molecule has 6 aromatic heterocycles. The molecule has 1 amide bonds. The van der Waals surface area contributed by atoms with Crippen molar-refractivity contribution in [3.05, 3.63) is 119 Å². The van der Waals surface area contributed by atoms with E-state index in [2.05, 4.69) is 50.7 Å². The number of carbonyl (C=O) groups excluding carboxylic acids is 1. The van der Waals surface area contributed by atoms with Crippen LogP contribution < -0.4 is 43.8 Å². The first kappa shape index (κ1) is 59.8. The average Bonchev–Trinajstić information content (AvgIpc) is 4.13. The van der Waals surface area contributed by atoms with E-state index in [0.717, 1.165) is 21.5 Å². The van der Waals surface area contributed by atoms with Crippen molar-refractivity contribution in [2.45, 2.75) is 39.5 Å². The molecular formula is C51H49F6N13O11S. The Hall–Kier alpha value is -9.81. The largest absolute Gasteiger partial charge is 0.497 e. The van der Waals surface area contributed by atoms with Crippen LogP contribution in [0.15, 0.2) is 85.5 Å². The first-order valence-corrected chi connectivity index (χ1v) is 25.4. The van der Waals surface area contributed by atoms with Crippen LogP contribution in [0, 0.1) is 13.8 Å². The number of aromatic carboxylic acids is 1. The molecule has 0 bridgehead atoms. The van der Waals surface area contributed by atoms with Crippen LogP contribution in [0.25, 0.3) is 33.9 Å². The second-order valence-electron chi connectivity index (χ2n) is 17.1. The number of carboxylic acids is 1. The number of nitrogens with zero attached hydrogens (tertiary/aromatic N) is 10. The van der Waals surface area contributed by atoms with Crippen LogP contribution in [-0.4, -0.2) is 123 Å². The lowest BCUT2D eigenvalue weighted by Crippen LogP contribution is -2.32. The van der Waals surface area contributed by atoms with Gasteiger partial charge in [-0.3, -0.25) is 4.79 Å². The zero-order valence-electron chi connectivity index (χ0n) is 44.7. The van der Waals surface area contributed by atoms with E-state index < -0.39 is 45.6 Å². The number of halogens is 6. The van der Waals surface area contributed by atoms with Gasteiger partial charge in [-0.25, -0.2) is 47.2 Å². The molecule has 6 heterocycles. The number of aromatic nitrogens is 10. The Bertz CT molecular complexity index is 3740. The highest BCUT2D eigenvalue weighted by Gasteiger charge is 2.36. The fourth-order valence-corrected chi connectivity index (χ4v) is 8.66. The van der Waals surface area contributed by atoms with E-state index in [0.29, 0.717) is 34.4 Å². The molecule has 0 aliphatic carbocycles. The Morgan fingerprint density at radius 3 is 1.29 bits per heavy atom. The number of aryl methyl sites for hydroxylation is 2. The number of rotatable bonds is 19. The molecule has 0 spiro atoms. The standard InChI is InChI=1S/C27H28F3N7O6S.C24H21F3N6O5/c1-6-7-44(39,40)36-24(38)20-9-16(13-31-25(20)43-5)21-14-32-26(33-17-10-18(41-3)12-19(11-17)42-4)34-23(21)37-15(2)8-22(35-37)27(28,29)30;1-12-5-19(24(25,26)27)32-33(12)20-18(13-6-17(22(34)35)21(38-4)28-10-13)11-29-23(31-20)30-14-7-15(36-2)9-16(8-14)37-3/h8-14H,6-7H2,1-5H3,(H,36,38)(H,32,33,34);5-11H,1-4H3,(H,34,35)(H,29,30,31). The van der Waals surface area contributed by atoms with Gasteiger partial charge in [-0.1, -0.05) is 6.92 Å². The zero-order chi connectivity index (χ0) is 59.8. The van der Waals surface area contributed by atoms with E-state index in [-0.39, 0.29) is 92.2 Å². The van der Waals surface area contributed by atoms with E-state index in [1.807, 2.05) is 4.72 Å². The molecular weight excluding hydrogens is 1120 g/mol. The number of pyridine rings is 2. The second kappa shape index (κ2) is 24.7. The summed E-state index contributed by atoms with van der Waals surface area (Å²) in [5.74, 6) is -1.20. The number of carbonyl (C=O) groups is 2. The summed E-state index contributed by atoms with van der Waals surface area (Å²) < 4.78 is 141. The number of alkyl halides is 6. The van der Waals surface area contributed by atoms with Crippen molar-refractivity contribution in [3.63, 3.8) is 0 Å². The van der Waals surface area contributed by atoms with E-state index in [4.69, 9.17) is 28.4 Å². The van der Waals surface area contributed by atoms with Crippen LogP contribution in [0.4, 0.5) is 49.6 Å². The summed E-state index contributed by atoms with van der Waals surface area (Å²) in [6, 6.07) is 14.1. The van der Waals surface area contributed by atoms with Crippen molar-refractivity contribution in [2.75, 3.05) is 59.0 Å². The Balaban J connectivity index is 0.000000239. The SMILES string of the molecule is CCCS(=O)(=O)NC(=O)c1cc(-c2cnc(Nc3cc(OC)cc(OC)c3)nc2-n2nc(C(F)(F)F)cc2C)cnc1OC.COc1cc(Nc2ncc(-c3cnc(OC)c(C(=O)O)c3)c(-n3nc(C(F)(F)F)cc3C)n2)cc(OC)c1. The number of carboxylic acid groups (broad SMARTS) is 1. The lowest BCUT2D eigenvalue weighted by atomic mass is 10.1. The van der Waals surface area contributed by atoms with Gasteiger partial charge in [0.15, 0.2) is 23.0 Å². The quantitative estimate of drug-likeness (QED) is 0.0550. The lowest BCUT2D eigenvalue weighted by molar-refractivity contribution is -0.142. The number of hydrogen-bond donors (Lipinski definition) is 4. The number of nitrogens with one attached hydrogen (secondary N) is 3. The molecule has 4 N–H and O–H groups in total. The van der Waals surface area contributed by atoms with Crippen LogP contribution in [-0.2, 0) is 22.4 Å². The molecule has 8 aromatic rings. The van der Waals surface area contributed by atoms with Crippen LogP contribution in [0.3, 0.4) is 0 Å². The Morgan fingerprint density at radius 2 is 0.951 bits per heavy atom. The molecule has 31 heteroatoms. The summed E-state index contributed by atoms with van der Waals surface area (Å²) in [6.45, 7) is 4.49. The van der Waals surface area contributed by atoms with Gasteiger partial charge < -0.3 is 44.2 Å². The van der Waals surface area contributed by atoms with Crippen molar-refractivity contribution in [1.29, 1.82) is 0 Å². The zero-order valence-corrected chi connectivity index (χ0v) is 45.5. The summed E-state index contributed by atoms with van der Waals surface area (Å²) in [7, 11) is 4.46. The van der Waals surface area contributed by atoms with Crippen molar-refractivity contribution < 1.29 is 77.9 Å². The molecule has 0 atom stereocenters. The normalized spacial score (nSPS) is 11.5. The molecule has 0 unspecified atom stereocenters. The molecule has 0 aliphatic heterocycles. The minimum atomic E-state index is -4.74. The van der Waals surface area contributed by atoms with Gasteiger partial charge in [-0.15, -0.1) is 0 Å². The van der Waals surface area contributed by atoms with Crippen molar-refractivity contribution in [3.8, 4) is 68.6 Å². The maximum absolute atomic E-state index is 13.6. The third-order valence-electron chi connectivity index (χ3n) is 11.4. The summed E-state index contributed by atoms with van der Waals surface area (Å²) in [5, 5.41) is 22.9. The van der Waals surface area contributed by atoms with Gasteiger partial charge in [0, 0.05) is 106 Å². The van der Waals surface area contributed by atoms with Gasteiger partial charge in [0.05, 0.1) is 48.4 Å². The summed E-state index contributed by atoms with van der Waals surface area (Å²) in [5.41, 5.74) is -0.930. The minimum Gasteiger partial charge on any atom is -0.497 e. The summed E-state index contributed by atoms with van der Waals surface area (Å²) in [4.78, 5) is 50.3. The number of ether oxygens (including phenoxy) is 6. The van der Waals surface area contributed by atoms with Crippen LogP contribution in [0.5, 0.6) is 34.8 Å². The number of sulfonamides is 1. The number of anilines is 4. The van der Waals surface area contributed by atoms with Crippen molar-refractivity contribution in [2.24, 2.45) is 0 Å². The van der Waals surface area contributed by atoms with Gasteiger partial charge in [-0.2, -0.15) is 46.5 Å². The van der Waals surface area contributed by atoms with Crippen LogP contribution in [0.2, 0.25) is 0 Å². The Kier molecular flexibility index (Phi) is 18.0. The average molecular weight is 1170 g/mol. The van der Waals surface area contributed by atoms with Gasteiger partial charge >= 0.3 is 18.3 Å². The number of amides is 1. The first-order valence-electron chi connectivity index (χ1n) is 23.7. The van der Waals surface area contributed by atoms with Gasteiger partial charge in [0.25, 0.3) is 5.91 Å². The lowest BCUT2D eigenvalue weighted by Gasteiger charge is -2.15. The predicted molar refractivity (Wildman–Crippen MR) is 282 cm³/mol. The highest BCUT2D eigenvalue weighted by Crippen LogP contribution is 2.37. The maximum atomic E-state index is 13.6. The third-order valence-corrected chi connectivity index (χ3v) is 12.9. The van der Waals surface area contributed by atoms with Crippen molar-refractivity contribution >= 4 is 45.2 Å². The highest BCUT2D eigenvalue weighted by atomic mass is 32.2. The Morgan fingerprint density at radius 1 is 0.561 bits per heavy atom. The van der Waals surface area contributed by atoms with E-state index in [1.165, 1.54) is 93.4 Å². The molecule has 8 rings (SSSR count).